The van der Waals surface area contributed by atoms with E-state index >= 15 is 0 Å². The van der Waals surface area contributed by atoms with Gasteiger partial charge in [0.05, 0.1) is 24.2 Å². The highest BCUT2D eigenvalue weighted by Crippen LogP contribution is 2.24. The predicted molar refractivity (Wildman–Crippen MR) is 123 cm³/mol. The van der Waals surface area contributed by atoms with Crippen LogP contribution in [0, 0.1) is 0 Å². The van der Waals surface area contributed by atoms with Crippen molar-refractivity contribution >= 4 is 27.6 Å². The number of sulfone groups is 1. The van der Waals surface area contributed by atoms with E-state index in [4.69, 9.17) is 9.47 Å². The third-order valence-corrected chi connectivity index (χ3v) is 7.76. The number of nitrogens with zero attached hydrogens (tertiary/aromatic N) is 2. The molecule has 1 unspecified atom stereocenters. The zero-order valence-corrected chi connectivity index (χ0v) is 19.9. The summed E-state index contributed by atoms with van der Waals surface area (Å²) >= 11 is 0. The van der Waals surface area contributed by atoms with E-state index in [1.54, 1.807) is 12.1 Å². The fraction of sp³-hybridized carbons (Fsp3) is 0.652. The molecule has 0 spiro atoms. The first kappa shape index (κ1) is 23.8. The van der Waals surface area contributed by atoms with Gasteiger partial charge < -0.3 is 19.7 Å². The number of hydrogen-bond acceptors (Lipinski definition) is 6. The van der Waals surface area contributed by atoms with E-state index in [2.05, 4.69) is 5.32 Å². The van der Waals surface area contributed by atoms with Gasteiger partial charge >= 0.3 is 12.1 Å². The van der Waals surface area contributed by atoms with Gasteiger partial charge in [-0.15, -0.1) is 0 Å². The fourth-order valence-corrected chi connectivity index (χ4v) is 5.30. The number of anilines is 1. The Morgan fingerprint density at radius 3 is 2.39 bits per heavy atom. The van der Waals surface area contributed by atoms with Crippen molar-refractivity contribution in [1.82, 2.24) is 10.2 Å². The van der Waals surface area contributed by atoms with Crippen LogP contribution in [0.4, 0.5) is 15.3 Å². The minimum atomic E-state index is -3.29. The standard InChI is InChI=1S/C23H33N3O6S/c1-33(29,30)21-9-7-18(8-10-21)26-15-20(32-23(26)28)16-31-19-11-13-25(14-12-19)22(27)24-17-5-3-2-4-6-17/h7-10,17,19-20H,2-6,11-16H2,1H3,(H,24,27). The lowest BCUT2D eigenvalue weighted by Crippen LogP contribution is -2.49. The molecule has 0 radical (unpaired) electrons. The molecule has 4 rings (SSSR count). The second-order valence-electron chi connectivity index (χ2n) is 9.19. The Kier molecular flexibility index (Phi) is 7.43. The zero-order chi connectivity index (χ0) is 23.4. The molecular weight excluding hydrogens is 446 g/mol. The van der Waals surface area contributed by atoms with E-state index in [1.807, 2.05) is 4.90 Å². The van der Waals surface area contributed by atoms with Crippen molar-refractivity contribution in [3.05, 3.63) is 24.3 Å². The van der Waals surface area contributed by atoms with Crippen LogP contribution in [0.3, 0.4) is 0 Å². The molecule has 10 heteroatoms. The van der Waals surface area contributed by atoms with Crippen LogP contribution < -0.4 is 10.2 Å². The van der Waals surface area contributed by atoms with Gasteiger partial charge in [-0.2, -0.15) is 0 Å². The Hall–Kier alpha value is -2.33. The van der Waals surface area contributed by atoms with Gasteiger partial charge in [-0.05, 0) is 49.9 Å². The Morgan fingerprint density at radius 1 is 1.09 bits per heavy atom. The number of carbonyl (C=O) groups is 2. The first-order valence-corrected chi connectivity index (χ1v) is 13.6. The van der Waals surface area contributed by atoms with Crippen LogP contribution in [-0.2, 0) is 19.3 Å². The average molecular weight is 480 g/mol. The Bertz CT molecular complexity index is 937. The fourth-order valence-electron chi connectivity index (χ4n) is 4.67. The summed E-state index contributed by atoms with van der Waals surface area (Å²) in [5.41, 5.74) is 0.590. The summed E-state index contributed by atoms with van der Waals surface area (Å²) in [6.07, 6.45) is 7.63. The number of carbonyl (C=O) groups excluding carboxylic acids is 2. The molecule has 2 saturated heterocycles. The number of cyclic esters (lactones) is 1. The summed E-state index contributed by atoms with van der Waals surface area (Å²) < 4.78 is 34.7. The molecule has 2 heterocycles. The molecule has 1 N–H and O–H groups in total. The summed E-state index contributed by atoms with van der Waals surface area (Å²) in [5.74, 6) is 0. The first-order chi connectivity index (χ1) is 15.8. The molecule has 182 valence electrons. The number of ether oxygens (including phenoxy) is 2. The number of likely N-dealkylation sites (tertiary alicyclic amines) is 1. The van der Waals surface area contributed by atoms with E-state index in [0.717, 1.165) is 31.9 Å². The highest BCUT2D eigenvalue weighted by atomic mass is 32.2. The van der Waals surface area contributed by atoms with E-state index in [1.165, 1.54) is 36.3 Å². The molecule has 0 aromatic heterocycles. The maximum Gasteiger partial charge on any atom is 0.414 e. The molecule has 2 aliphatic heterocycles. The molecular formula is C23H33N3O6S. The van der Waals surface area contributed by atoms with Gasteiger partial charge in [0.2, 0.25) is 0 Å². The van der Waals surface area contributed by atoms with Crippen molar-refractivity contribution in [2.75, 3.05) is 37.4 Å². The average Bonchev–Trinajstić information content (AvgIpc) is 3.18. The first-order valence-electron chi connectivity index (χ1n) is 11.7. The van der Waals surface area contributed by atoms with Crippen LogP contribution >= 0.6 is 0 Å². The van der Waals surface area contributed by atoms with Crippen LogP contribution in [0.25, 0.3) is 0 Å². The summed E-state index contributed by atoms with van der Waals surface area (Å²) in [6.45, 7) is 1.96. The highest BCUT2D eigenvalue weighted by Gasteiger charge is 2.34. The molecule has 3 fully saturated rings. The lowest BCUT2D eigenvalue weighted by Gasteiger charge is -2.34. The topological polar surface area (TPSA) is 105 Å². The van der Waals surface area contributed by atoms with E-state index in [0.29, 0.717) is 38.0 Å². The largest absolute Gasteiger partial charge is 0.441 e. The van der Waals surface area contributed by atoms with Gasteiger partial charge in [0.1, 0.15) is 6.10 Å². The number of nitrogens with one attached hydrogen (secondary N) is 1. The van der Waals surface area contributed by atoms with Crippen LogP contribution in [-0.4, -0.2) is 76.2 Å². The van der Waals surface area contributed by atoms with Gasteiger partial charge in [0.15, 0.2) is 9.84 Å². The number of piperidine rings is 1. The lowest BCUT2D eigenvalue weighted by molar-refractivity contribution is -0.0229. The van der Waals surface area contributed by atoms with Crippen LogP contribution in [0.2, 0.25) is 0 Å². The van der Waals surface area contributed by atoms with Gasteiger partial charge in [-0.25, -0.2) is 18.0 Å². The van der Waals surface area contributed by atoms with Crippen molar-refractivity contribution < 1.29 is 27.5 Å². The molecule has 1 saturated carbocycles. The Labute approximate surface area is 195 Å². The monoisotopic (exact) mass is 479 g/mol. The summed E-state index contributed by atoms with van der Waals surface area (Å²) in [7, 11) is -3.29. The quantitative estimate of drug-likeness (QED) is 0.673. The molecule has 1 aromatic rings. The Balaban J connectivity index is 1.20. The van der Waals surface area contributed by atoms with Crippen molar-refractivity contribution in [3.8, 4) is 0 Å². The molecule has 1 atom stereocenters. The molecule has 3 amide bonds. The maximum absolute atomic E-state index is 12.5. The summed E-state index contributed by atoms with van der Waals surface area (Å²) in [5, 5.41) is 3.17. The molecule has 1 aromatic carbocycles. The minimum Gasteiger partial charge on any atom is -0.441 e. The molecule has 0 bridgehead atoms. The Morgan fingerprint density at radius 2 is 1.76 bits per heavy atom. The molecule has 1 aliphatic carbocycles. The zero-order valence-electron chi connectivity index (χ0n) is 19.1. The van der Waals surface area contributed by atoms with Gasteiger partial charge in [0.25, 0.3) is 0 Å². The number of rotatable bonds is 6. The van der Waals surface area contributed by atoms with Gasteiger partial charge in [-0.3, -0.25) is 4.90 Å². The van der Waals surface area contributed by atoms with Crippen molar-refractivity contribution in [2.45, 2.75) is 68.1 Å². The van der Waals surface area contributed by atoms with Crippen molar-refractivity contribution in [1.29, 1.82) is 0 Å². The van der Waals surface area contributed by atoms with E-state index < -0.39 is 15.9 Å². The number of benzene rings is 1. The third-order valence-electron chi connectivity index (χ3n) is 6.63. The number of urea groups is 1. The minimum absolute atomic E-state index is 0.0302. The number of amides is 3. The lowest BCUT2D eigenvalue weighted by atomic mass is 9.96. The third kappa shape index (κ3) is 6.17. The van der Waals surface area contributed by atoms with Crippen LogP contribution in [0.5, 0.6) is 0 Å². The normalized spacial score (nSPS) is 22.9. The van der Waals surface area contributed by atoms with E-state index in [9.17, 15) is 18.0 Å². The number of hydrogen-bond donors (Lipinski definition) is 1. The highest BCUT2D eigenvalue weighted by molar-refractivity contribution is 7.90. The molecule has 3 aliphatic rings. The smallest absolute Gasteiger partial charge is 0.414 e. The molecule has 9 nitrogen and oxygen atoms in total. The van der Waals surface area contributed by atoms with Crippen LogP contribution in [0.15, 0.2) is 29.2 Å². The van der Waals surface area contributed by atoms with Gasteiger partial charge in [0, 0.05) is 31.1 Å². The summed E-state index contributed by atoms with van der Waals surface area (Å²) in [6, 6.07) is 6.52. The van der Waals surface area contributed by atoms with Crippen LogP contribution in [0.1, 0.15) is 44.9 Å². The van der Waals surface area contributed by atoms with Gasteiger partial charge in [-0.1, -0.05) is 19.3 Å². The second kappa shape index (κ2) is 10.3. The molecule has 33 heavy (non-hydrogen) atoms. The maximum atomic E-state index is 12.5. The summed E-state index contributed by atoms with van der Waals surface area (Å²) in [4.78, 5) is 28.3. The van der Waals surface area contributed by atoms with E-state index in [-0.39, 0.29) is 23.1 Å². The van der Waals surface area contributed by atoms with Crippen molar-refractivity contribution in [3.63, 3.8) is 0 Å². The van der Waals surface area contributed by atoms with Crippen molar-refractivity contribution in [2.24, 2.45) is 0 Å². The predicted octanol–water partition coefficient (Wildman–Crippen LogP) is 2.94. The second-order valence-corrected chi connectivity index (χ2v) is 11.2. The SMILES string of the molecule is CS(=O)(=O)c1ccc(N2CC(COC3CCN(C(=O)NC4CCCCC4)CC3)OC2=O)cc1.